The molecule has 0 heterocycles. The topological polar surface area (TPSA) is 130 Å². The number of ether oxygens (including phenoxy) is 3. The van der Waals surface area contributed by atoms with Crippen LogP contribution in [0.4, 0.5) is 0 Å². The molecule has 0 amide bonds. The van der Waals surface area contributed by atoms with Gasteiger partial charge in [0.1, 0.15) is 24.5 Å². The third-order valence-electron chi connectivity index (χ3n) is 2.74. The van der Waals surface area contributed by atoms with Crippen LogP contribution in [0.5, 0.6) is 5.75 Å². The van der Waals surface area contributed by atoms with E-state index >= 15 is 0 Å². The zero-order chi connectivity index (χ0) is 19.5. The molecule has 0 aromatic heterocycles. The number of carbonyl (C=O) groups excluding carboxylic acids is 3. The molecule has 0 saturated carbocycles. The highest BCUT2D eigenvalue weighted by atomic mass is 16.8. The van der Waals surface area contributed by atoms with Crippen molar-refractivity contribution in [2.75, 3.05) is 27.0 Å². The Bertz CT molecular complexity index is 677. The summed E-state index contributed by atoms with van der Waals surface area (Å²) in [6.45, 7) is 1.77. The van der Waals surface area contributed by atoms with Crippen molar-refractivity contribution in [2.45, 2.75) is 13.8 Å². The van der Waals surface area contributed by atoms with Crippen LogP contribution in [0.1, 0.15) is 24.2 Å². The van der Waals surface area contributed by atoms with Gasteiger partial charge in [-0.25, -0.2) is 4.79 Å². The maximum absolute atomic E-state index is 12.1. The van der Waals surface area contributed by atoms with Crippen LogP contribution in [-0.4, -0.2) is 54.9 Å². The van der Waals surface area contributed by atoms with Gasteiger partial charge in [0.25, 0.3) is 6.79 Å². The largest absolute Gasteiger partial charge is 0.569 e. The summed E-state index contributed by atoms with van der Waals surface area (Å²) < 4.78 is 14.4. The summed E-state index contributed by atoms with van der Waals surface area (Å²) >= 11 is 0. The first-order valence-electron chi connectivity index (χ1n) is 7.40. The number of para-hydroxylation sites is 1. The highest BCUT2D eigenvalue weighted by molar-refractivity contribution is 5.93. The van der Waals surface area contributed by atoms with Crippen molar-refractivity contribution in [2.24, 2.45) is 5.28 Å². The Labute approximate surface area is 149 Å². The van der Waals surface area contributed by atoms with Crippen molar-refractivity contribution in [3.8, 4) is 5.75 Å². The molecule has 26 heavy (non-hydrogen) atoms. The molecule has 0 unspecified atom stereocenters. The van der Waals surface area contributed by atoms with E-state index in [4.69, 9.17) is 9.47 Å². The molecule has 0 fully saturated rings. The number of esters is 3. The van der Waals surface area contributed by atoms with Crippen molar-refractivity contribution >= 4 is 17.9 Å². The number of hydrogen-bond donors (Lipinski definition) is 0. The second kappa shape index (κ2) is 10.5. The Hall–Kier alpha value is -3.37. The standard InChI is InChI=1S/C15H19N3O8/c1-11(19)24-10-25-16-18(22)17(3)8-9-23-15(21)13-6-4-5-7-14(13)26-12(2)20/h4-7H,8-10H2,1-3H3/b18-16-. The van der Waals surface area contributed by atoms with Gasteiger partial charge in [0.2, 0.25) is 5.28 Å². The molecule has 11 nitrogen and oxygen atoms in total. The van der Waals surface area contributed by atoms with Gasteiger partial charge < -0.3 is 24.3 Å². The molecule has 0 atom stereocenters. The summed E-state index contributed by atoms with van der Waals surface area (Å²) in [5.74, 6) is -1.78. The second-order valence-corrected chi connectivity index (χ2v) is 4.82. The average molecular weight is 369 g/mol. The van der Waals surface area contributed by atoms with Crippen molar-refractivity contribution in [3.63, 3.8) is 0 Å². The molecule has 0 saturated heterocycles. The van der Waals surface area contributed by atoms with E-state index in [0.717, 1.165) is 5.01 Å². The zero-order valence-corrected chi connectivity index (χ0v) is 14.5. The Balaban J connectivity index is 2.47. The second-order valence-electron chi connectivity index (χ2n) is 4.82. The summed E-state index contributed by atoms with van der Waals surface area (Å²) in [5, 5.41) is 15.7. The van der Waals surface area contributed by atoms with Gasteiger partial charge in [-0.2, -0.15) is 0 Å². The predicted octanol–water partition coefficient (Wildman–Crippen LogP) is 1.03. The molecule has 0 bridgehead atoms. The van der Waals surface area contributed by atoms with Crippen LogP contribution in [0.3, 0.4) is 0 Å². The smallest absolute Gasteiger partial charge is 0.342 e. The number of rotatable bonds is 9. The SMILES string of the molecule is CC(=O)OCO/N=[N+](\[O-])N(C)CCOC(=O)c1ccccc1OC(C)=O. The number of hydrazine groups is 1. The van der Waals surface area contributed by atoms with Crippen LogP contribution in [0.25, 0.3) is 0 Å². The molecule has 0 aliphatic carbocycles. The van der Waals surface area contributed by atoms with Gasteiger partial charge in [-0.05, 0) is 12.1 Å². The molecular formula is C15H19N3O8. The van der Waals surface area contributed by atoms with E-state index in [0.29, 0.717) is 0 Å². The van der Waals surface area contributed by atoms with Gasteiger partial charge in [-0.1, -0.05) is 12.1 Å². The minimum absolute atomic E-state index is 0.00536. The highest BCUT2D eigenvalue weighted by Gasteiger charge is 2.16. The highest BCUT2D eigenvalue weighted by Crippen LogP contribution is 2.19. The number of nitrogens with zero attached hydrogens (tertiary/aromatic N) is 3. The van der Waals surface area contributed by atoms with Gasteiger partial charge in [-0.15, -0.1) is 5.01 Å². The lowest BCUT2D eigenvalue weighted by molar-refractivity contribution is -0.706. The normalized spacial score (nSPS) is 10.7. The maximum atomic E-state index is 12.1. The van der Waals surface area contributed by atoms with E-state index in [1.54, 1.807) is 12.1 Å². The van der Waals surface area contributed by atoms with Crippen LogP contribution < -0.4 is 4.74 Å². The van der Waals surface area contributed by atoms with Gasteiger partial charge in [0.15, 0.2) is 0 Å². The lowest BCUT2D eigenvalue weighted by atomic mass is 10.2. The van der Waals surface area contributed by atoms with Gasteiger partial charge in [0, 0.05) is 13.8 Å². The third-order valence-corrected chi connectivity index (χ3v) is 2.74. The molecule has 142 valence electrons. The summed E-state index contributed by atoms with van der Waals surface area (Å²) in [5.41, 5.74) is 0.0822. The van der Waals surface area contributed by atoms with Gasteiger partial charge in [0.05, 0.1) is 12.0 Å². The first-order chi connectivity index (χ1) is 12.3. The Morgan fingerprint density at radius 1 is 1.15 bits per heavy atom. The van der Waals surface area contributed by atoms with Gasteiger partial charge in [-0.3, -0.25) is 9.59 Å². The Morgan fingerprint density at radius 3 is 2.50 bits per heavy atom. The van der Waals surface area contributed by atoms with Crippen molar-refractivity contribution in [1.29, 1.82) is 0 Å². The van der Waals surface area contributed by atoms with Crippen molar-refractivity contribution < 1.29 is 38.4 Å². The third kappa shape index (κ3) is 7.47. The number of carbonyl (C=O) groups is 3. The van der Waals surface area contributed by atoms with E-state index in [1.807, 2.05) is 0 Å². The molecule has 1 aromatic rings. The van der Waals surface area contributed by atoms with E-state index in [9.17, 15) is 19.6 Å². The maximum Gasteiger partial charge on any atom is 0.342 e. The Kier molecular flexibility index (Phi) is 8.34. The van der Waals surface area contributed by atoms with E-state index in [2.05, 4.69) is 14.9 Å². The van der Waals surface area contributed by atoms with E-state index < -0.39 is 24.7 Å². The summed E-state index contributed by atoms with van der Waals surface area (Å²) in [6, 6.07) is 6.11. The molecule has 0 N–H and O–H groups in total. The fourth-order valence-corrected chi connectivity index (χ4v) is 1.56. The van der Waals surface area contributed by atoms with E-state index in [-0.39, 0.29) is 29.4 Å². The summed E-state index contributed by atoms with van der Waals surface area (Å²) in [4.78, 5) is 38.2. The fourth-order valence-electron chi connectivity index (χ4n) is 1.56. The quantitative estimate of drug-likeness (QED) is 0.119. The van der Waals surface area contributed by atoms with Crippen LogP contribution in [-0.2, 0) is 23.9 Å². The lowest BCUT2D eigenvalue weighted by Gasteiger charge is -2.13. The van der Waals surface area contributed by atoms with Crippen LogP contribution >= 0.6 is 0 Å². The first kappa shape index (κ1) is 20.7. The molecule has 0 radical (unpaired) electrons. The molecular weight excluding hydrogens is 350 g/mol. The summed E-state index contributed by atoms with van der Waals surface area (Å²) in [7, 11) is 1.38. The molecule has 0 spiro atoms. The minimum atomic E-state index is -0.712. The van der Waals surface area contributed by atoms with E-state index in [1.165, 1.54) is 33.0 Å². The number of benzene rings is 1. The predicted molar refractivity (Wildman–Crippen MR) is 84.4 cm³/mol. The minimum Gasteiger partial charge on any atom is -0.569 e. The molecule has 0 aliphatic heterocycles. The number of hydrogen-bond acceptors (Lipinski definition) is 9. The van der Waals surface area contributed by atoms with Gasteiger partial charge >= 0.3 is 17.9 Å². The molecule has 1 aromatic carbocycles. The van der Waals surface area contributed by atoms with Crippen LogP contribution in [0.15, 0.2) is 29.5 Å². The zero-order valence-electron chi connectivity index (χ0n) is 14.5. The van der Waals surface area contributed by atoms with Crippen LogP contribution in [0, 0.1) is 5.21 Å². The lowest BCUT2D eigenvalue weighted by Crippen LogP contribution is -2.30. The van der Waals surface area contributed by atoms with Crippen molar-refractivity contribution in [3.05, 3.63) is 35.0 Å². The number of likely N-dealkylation sites (N-methyl/N-ethyl adjacent to an activating group) is 1. The first-order valence-corrected chi connectivity index (χ1v) is 7.40. The molecule has 11 heteroatoms. The fraction of sp³-hybridized carbons (Fsp3) is 0.400. The molecule has 1 rings (SSSR count). The molecule has 0 aliphatic rings. The summed E-state index contributed by atoms with van der Waals surface area (Å²) in [6.07, 6.45) is 0. The average Bonchev–Trinajstić information content (AvgIpc) is 2.58. The Morgan fingerprint density at radius 2 is 1.85 bits per heavy atom. The monoisotopic (exact) mass is 369 g/mol. The van der Waals surface area contributed by atoms with Crippen molar-refractivity contribution in [1.82, 2.24) is 5.01 Å². The van der Waals surface area contributed by atoms with Crippen LogP contribution in [0.2, 0.25) is 0 Å².